The second-order valence-corrected chi connectivity index (χ2v) is 20.5. The molecule has 0 radical (unpaired) electrons. The minimum Gasteiger partial charge on any atom is -0.309 e. The van der Waals surface area contributed by atoms with Crippen molar-refractivity contribution < 1.29 is 0 Å². The smallest absolute Gasteiger partial charge is 0.0541 e. The van der Waals surface area contributed by atoms with Crippen molar-refractivity contribution in [3.8, 4) is 33.6 Å². The van der Waals surface area contributed by atoms with Gasteiger partial charge < -0.3 is 9.13 Å². The lowest BCUT2D eigenvalue weighted by molar-refractivity contribution is 0.566. The molecule has 2 aromatic heterocycles. The van der Waals surface area contributed by atoms with Gasteiger partial charge in [-0.05, 0) is 161 Å². The van der Waals surface area contributed by atoms with Crippen LogP contribution in [0.1, 0.15) is 11.1 Å². The summed E-state index contributed by atoms with van der Waals surface area (Å²) in [6, 6.07) is 80.8. The van der Waals surface area contributed by atoms with Gasteiger partial charge in [0.1, 0.15) is 0 Å². The van der Waals surface area contributed by atoms with Gasteiger partial charge in [-0.1, -0.05) is 194 Å². The first-order valence-electron chi connectivity index (χ1n) is 25.9. The van der Waals surface area contributed by atoms with Crippen LogP contribution in [0, 0.1) is 11.8 Å². The van der Waals surface area contributed by atoms with E-state index in [4.69, 9.17) is 0 Å². The lowest BCUT2D eigenvalue weighted by Gasteiger charge is -2.40. The molecule has 0 saturated heterocycles. The normalized spacial score (nSPS) is 16.8. The number of benzene rings is 10. The molecular formula is C72H46N2. The van der Waals surface area contributed by atoms with E-state index in [9.17, 15) is 0 Å². The zero-order valence-electron chi connectivity index (χ0n) is 40.5. The van der Waals surface area contributed by atoms with Crippen LogP contribution in [-0.2, 0) is 0 Å². The Kier molecular flexibility index (Phi) is 8.90. The Labute approximate surface area is 429 Å². The van der Waals surface area contributed by atoms with Gasteiger partial charge in [0.2, 0.25) is 0 Å². The maximum atomic E-state index is 2.47. The summed E-state index contributed by atoms with van der Waals surface area (Å²) >= 11 is 0. The molecule has 2 heterocycles. The van der Waals surface area contributed by atoms with Crippen molar-refractivity contribution in [2.75, 3.05) is 0 Å². The largest absolute Gasteiger partial charge is 0.309 e. The van der Waals surface area contributed by atoms with Crippen LogP contribution < -0.4 is 0 Å². The maximum absolute atomic E-state index is 2.47. The van der Waals surface area contributed by atoms with E-state index < -0.39 is 0 Å². The van der Waals surface area contributed by atoms with E-state index in [0.29, 0.717) is 0 Å². The number of aromatic nitrogens is 2. The number of allylic oxidation sites excluding steroid dienone is 14. The molecule has 0 N–H and O–H groups in total. The van der Waals surface area contributed by atoms with Crippen molar-refractivity contribution in [2.24, 2.45) is 11.8 Å². The molecule has 0 fully saturated rings. The van der Waals surface area contributed by atoms with Crippen LogP contribution >= 0.6 is 0 Å². The second-order valence-electron chi connectivity index (χ2n) is 20.5. The summed E-state index contributed by atoms with van der Waals surface area (Å²) in [6.45, 7) is 0. The van der Waals surface area contributed by atoms with Gasteiger partial charge in [0.15, 0.2) is 0 Å². The number of nitrogens with zero attached hydrogens (tertiary/aromatic N) is 2. The molecule has 2 atom stereocenters. The highest BCUT2D eigenvalue weighted by atomic mass is 15.0. The summed E-state index contributed by atoms with van der Waals surface area (Å²) < 4.78 is 4.92. The van der Waals surface area contributed by atoms with Crippen LogP contribution in [0.25, 0.3) is 110 Å². The van der Waals surface area contributed by atoms with Gasteiger partial charge in [0.25, 0.3) is 0 Å². The Morgan fingerprint density at radius 3 is 1.01 bits per heavy atom. The van der Waals surface area contributed by atoms with Crippen LogP contribution in [0.5, 0.6) is 0 Å². The molecule has 2 heteroatoms. The predicted molar refractivity (Wildman–Crippen MR) is 312 cm³/mol. The van der Waals surface area contributed by atoms with Crippen molar-refractivity contribution in [1.82, 2.24) is 9.13 Å². The molecule has 0 aliphatic heterocycles. The van der Waals surface area contributed by atoms with Crippen LogP contribution in [0.2, 0.25) is 0 Å². The van der Waals surface area contributed by atoms with E-state index in [-0.39, 0.29) is 11.8 Å². The molecule has 4 aliphatic carbocycles. The Bertz CT molecular complexity index is 4260. The standard InChI is InChI=1S/C72H46N2/c1-3-15-47-33-49(27-25-45(47)13-1)57-39-59(43-61(41-57)73-67-21-9-5-17-63(67)64-18-6-10-22-68(64)73)55-35-51-29-31-53-37-56(38-54-32-30-52(36-55)71(51)72(53)54)60-40-58(50-28-26-46-14-2-4-16-48(46)34-50)42-62(44-60)74-69-23-11-7-19-65(69)66-20-8-12-24-70(66)74/h1-44,71-72H. The fourth-order valence-electron chi connectivity index (χ4n) is 12.9. The van der Waals surface area contributed by atoms with E-state index in [0.717, 1.165) is 11.4 Å². The van der Waals surface area contributed by atoms with E-state index >= 15 is 0 Å². The maximum Gasteiger partial charge on any atom is 0.0541 e. The number of para-hydroxylation sites is 4. The van der Waals surface area contributed by atoms with Crippen LogP contribution in [-0.4, -0.2) is 9.13 Å². The van der Waals surface area contributed by atoms with E-state index in [2.05, 4.69) is 276 Å². The fraction of sp³-hybridized carbons (Fsp3) is 0.0278. The van der Waals surface area contributed by atoms with E-state index in [1.807, 2.05) is 0 Å². The zero-order valence-corrected chi connectivity index (χ0v) is 40.5. The molecule has 74 heavy (non-hydrogen) atoms. The van der Waals surface area contributed by atoms with Crippen molar-refractivity contribution in [3.63, 3.8) is 0 Å². The lowest BCUT2D eigenvalue weighted by Crippen LogP contribution is -2.29. The summed E-state index contributed by atoms with van der Waals surface area (Å²) in [5.41, 5.74) is 22.3. The van der Waals surface area contributed by atoms with Gasteiger partial charge in [-0.25, -0.2) is 0 Å². The van der Waals surface area contributed by atoms with E-state index in [1.165, 1.54) is 132 Å². The number of fused-ring (bicyclic) bond motifs is 8. The summed E-state index contributed by atoms with van der Waals surface area (Å²) in [5, 5.41) is 10.0. The Morgan fingerprint density at radius 1 is 0.257 bits per heavy atom. The molecule has 2 unspecified atom stereocenters. The SMILES string of the molecule is C1=CC2=CC(c3cc(-c4ccc5ccccc5c4)cc(-n4c5ccccc5c5ccccc54)c3)=CC3=CC=C4C=C(c5cc(-c6ccc7ccccc7c6)cc(-n6c7ccccc7c7ccccc76)c5)C=C1C4C32. The number of hydrogen-bond donors (Lipinski definition) is 0. The lowest BCUT2D eigenvalue weighted by atomic mass is 9.63. The quantitative estimate of drug-likeness (QED) is 0.157. The molecule has 0 spiro atoms. The molecule has 10 aromatic carbocycles. The molecule has 0 amide bonds. The Balaban J connectivity index is 0.841. The summed E-state index contributed by atoms with van der Waals surface area (Å²) in [7, 11) is 0. The molecule has 4 aliphatic rings. The van der Waals surface area contributed by atoms with Gasteiger partial charge in [-0.15, -0.1) is 0 Å². The first-order valence-corrected chi connectivity index (χ1v) is 25.9. The Hall–Kier alpha value is -9.50. The molecule has 0 saturated carbocycles. The summed E-state index contributed by atoms with van der Waals surface area (Å²) in [4.78, 5) is 0. The third kappa shape index (κ3) is 6.38. The van der Waals surface area contributed by atoms with Crippen molar-refractivity contribution in [3.05, 3.63) is 300 Å². The molecular weight excluding hydrogens is 893 g/mol. The van der Waals surface area contributed by atoms with Crippen LogP contribution in [0.4, 0.5) is 0 Å². The van der Waals surface area contributed by atoms with Gasteiger partial charge in [-0.3, -0.25) is 0 Å². The third-order valence-corrected chi connectivity index (χ3v) is 16.3. The monoisotopic (exact) mass is 938 g/mol. The topological polar surface area (TPSA) is 9.86 Å². The second kappa shape index (κ2) is 16.0. The third-order valence-electron chi connectivity index (χ3n) is 16.3. The van der Waals surface area contributed by atoms with E-state index in [1.54, 1.807) is 0 Å². The molecule has 2 nitrogen and oxygen atoms in total. The minimum absolute atomic E-state index is 0.241. The van der Waals surface area contributed by atoms with Crippen LogP contribution in [0.15, 0.2) is 289 Å². The number of hydrogen-bond acceptors (Lipinski definition) is 0. The fourth-order valence-corrected chi connectivity index (χ4v) is 12.9. The first-order chi connectivity index (χ1) is 36.6. The molecule has 0 bridgehead atoms. The van der Waals surface area contributed by atoms with Crippen molar-refractivity contribution in [1.29, 1.82) is 0 Å². The highest BCUT2D eigenvalue weighted by Crippen LogP contribution is 2.52. The van der Waals surface area contributed by atoms with Gasteiger partial charge >= 0.3 is 0 Å². The summed E-state index contributed by atoms with van der Waals surface area (Å²) in [6.07, 6.45) is 19.5. The zero-order chi connectivity index (χ0) is 48.4. The van der Waals surface area contributed by atoms with Crippen molar-refractivity contribution >= 4 is 76.3 Å². The predicted octanol–water partition coefficient (Wildman–Crippen LogP) is 18.5. The van der Waals surface area contributed by atoms with Gasteiger partial charge in [0, 0.05) is 44.8 Å². The molecule has 12 aromatic rings. The highest BCUT2D eigenvalue weighted by molar-refractivity contribution is 6.10. The summed E-state index contributed by atoms with van der Waals surface area (Å²) in [5.74, 6) is 0.482. The van der Waals surface area contributed by atoms with Gasteiger partial charge in [0.05, 0.1) is 22.1 Å². The highest BCUT2D eigenvalue weighted by Gasteiger charge is 2.39. The molecule has 16 rings (SSSR count). The Morgan fingerprint density at radius 2 is 0.608 bits per heavy atom. The van der Waals surface area contributed by atoms with Crippen LogP contribution in [0.3, 0.4) is 0 Å². The van der Waals surface area contributed by atoms with Crippen molar-refractivity contribution in [2.45, 2.75) is 0 Å². The number of rotatable bonds is 6. The average Bonchev–Trinajstić information content (AvgIpc) is 4.02. The average molecular weight is 939 g/mol. The van der Waals surface area contributed by atoms with Gasteiger partial charge in [-0.2, -0.15) is 0 Å². The minimum atomic E-state index is 0.241. The molecule has 344 valence electrons. The first kappa shape index (κ1) is 41.2.